The maximum atomic E-state index is 2.43. The van der Waals surface area contributed by atoms with Crippen LogP contribution in [0.5, 0.6) is 0 Å². The second-order valence-corrected chi connectivity index (χ2v) is 8.82. The van der Waals surface area contributed by atoms with Gasteiger partial charge in [0.2, 0.25) is 0 Å². The molecule has 0 spiro atoms. The van der Waals surface area contributed by atoms with Gasteiger partial charge in [-0.25, -0.2) is 0 Å². The Morgan fingerprint density at radius 1 is 0.545 bits per heavy atom. The van der Waals surface area contributed by atoms with E-state index in [1.165, 1.54) is 33.4 Å². The van der Waals surface area contributed by atoms with Crippen LogP contribution in [0.1, 0.15) is 74.9 Å². The molecule has 0 saturated heterocycles. The molecule has 0 heteroatoms. The van der Waals surface area contributed by atoms with Crippen LogP contribution >= 0.6 is 0 Å². The molecule has 1 aliphatic rings. The van der Waals surface area contributed by atoms with E-state index in [1.54, 1.807) is 0 Å². The van der Waals surface area contributed by atoms with Crippen LogP contribution < -0.4 is 0 Å². The summed E-state index contributed by atoms with van der Waals surface area (Å²) in [6, 6.07) is 14.2. The fourth-order valence-electron chi connectivity index (χ4n) is 3.27. The molecule has 2 aromatic rings. The first-order chi connectivity index (χ1) is 10.1. The van der Waals surface area contributed by atoms with E-state index in [1.807, 2.05) is 0 Å². The van der Waals surface area contributed by atoms with E-state index in [2.05, 4.69) is 77.9 Å². The summed E-state index contributed by atoms with van der Waals surface area (Å²) in [4.78, 5) is 0. The first kappa shape index (κ1) is 15.3. The Kier molecular flexibility index (Phi) is 3.47. The van der Waals surface area contributed by atoms with E-state index in [4.69, 9.17) is 0 Å². The van der Waals surface area contributed by atoms with E-state index in [0.29, 0.717) is 0 Å². The minimum atomic E-state index is 0.228. The molecule has 0 saturated carbocycles. The highest BCUT2D eigenvalue weighted by atomic mass is 14.3. The molecule has 2 aromatic carbocycles. The number of benzene rings is 2. The predicted molar refractivity (Wildman–Crippen MR) is 95.9 cm³/mol. The highest BCUT2D eigenvalue weighted by Crippen LogP contribution is 2.33. The zero-order chi connectivity index (χ0) is 16.1. The summed E-state index contributed by atoms with van der Waals surface area (Å²) in [7, 11) is 0. The first-order valence-electron chi connectivity index (χ1n) is 8.39. The van der Waals surface area contributed by atoms with E-state index in [-0.39, 0.29) is 10.8 Å². The van der Waals surface area contributed by atoms with Crippen LogP contribution in [0.3, 0.4) is 0 Å². The summed E-state index contributed by atoms with van der Waals surface area (Å²) >= 11 is 0. The SMILES string of the molecule is CC(C)(C)c1ccc2c(c1)Cc1ccc(C(C)(C)C)cc1C2. The molecule has 3 rings (SSSR count). The quantitative estimate of drug-likeness (QED) is 0.493. The van der Waals surface area contributed by atoms with Crippen molar-refractivity contribution in [1.29, 1.82) is 0 Å². The standard InChI is InChI=1S/C22H28/c1-21(2,3)19-9-7-15-12-18-14-20(22(4,5)6)10-8-16(18)11-17(15)13-19/h7-10,13-14H,11-12H2,1-6H3. The molecule has 116 valence electrons. The fraction of sp³-hybridized carbons (Fsp3) is 0.455. The van der Waals surface area contributed by atoms with Crippen molar-refractivity contribution in [2.24, 2.45) is 0 Å². The van der Waals surface area contributed by atoms with Gasteiger partial charge in [0.1, 0.15) is 0 Å². The topological polar surface area (TPSA) is 0 Å². The van der Waals surface area contributed by atoms with Crippen molar-refractivity contribution < 1.29 is 0 Å². The molecular weight excluding hydrogens is 264 g/mol. The average molecular weight is 292 g/mol. The normalized spacial score (nSPS) is 14.5. The van der Waals surface area contributed by atoms with Crippen LogP contribution in [0.15, 0.2) is 36.4 Å². The van der Waals surface area contributed by atoms with Gasteiger partial charge in [0.25, 0.3) is 0 Å². The molecular formula is C22H28. The summed E-state index contributed by atoms with van der Waals surface area (Å²) in [6.07, 6.45) is 2.16. The number of hydrogen-bond acceptors (Lipinski definition) is 0. The van der Waals surface area contributed by atoms with E-state index >= 15 is 0 Å². The molecule has 0 atom stereocenters. The number of rotatable bonds is 0. The Morgan fingerprint density at radius 2 is 0.909 bits per heavy atom. The summed E-state index contributed by atoms with van der Waals surface area (Å²) < 4.78 is 0. The first-order valence-corrected chi connectivity index (χ1v) is 8.39. The highest BCUT2D eigenvalue weighted by molar-refractivity contribution is 5.49. The summed E-state index contributed by atoms with van der Waals surface area (Å²) in [5.41, 5.74) is 9.39. The zero-order valence-electron chi connectivity index (χ0n) is 14.9. The molecule has 0 unspecified atom stereocenters. The summed E-state index contributed by atoms with van der Waals surface area (Å²) in [5, 5.41) is 0. The fourth-order valence-corrected chi connectivity index (χ4v) is 3.27. The Labute approximate surface area is 135 Å². The predicted octanol–water partition coefficient (Wildman–Crippen LogP) is 5.78. The maximum Gasteiger partial charge on any atom is -0.00200 e. The van der Waals surface area contributed by atoms with E-state index < -0.39 is 0 Å². The summed E-state index contributed by atoms with van der Waals surface area (Å²) in [5.74, 6) is 0. The molecule has 0 fully saturated rings. The minimum absolute atomic E-state index is 0.228. The maximum absolute atomic E-state index is 2.43. The van der Waals surface area contributed by atoms with E-state index in [9.17, 15) is 0 Å². The highest BCUT2D eigenvalue weighted by Gasteiger charge is 2.21. The lowest BCUT2D eigenvalue weighted by Gasteiger charge is -2.27. The van der Waals surface area contributed by atoms with Crippen molar-refractivity contribution in [2.45, 2.75) is 65.2 Å². The molecule has 0 N–H and O–H groups in total. The van der Waals surface area contributed by atoms with Gasteiger partial charge < -0.3 is 0 Å². The second kappa shape index (κ2) is 4.98. The van der Waals surface area contributed by atoms with Crippen LogP contribution in [0.4, 0.5) is 0 Å². The van der Waals surface area contributed by atoms with Crippen molar-refractivity contribution >= 4 is 0 Å². The molecule has 0 bridgehead atoms. The van der Waals surface area contributed by atoms with Gasteiger partial charge in [0, 0.05) is 0 Å². The third-order valence-corrected chi connectivity index (χ3v) is 4.91. The Balaban J connectivity index is 1.99. The van der Waals surface area contributed by atoms with Gasteiger partial charge in [-0.3, -0.25) is 0 Å². The van der Waals surface area contributed by atoms with Crippen LogP contribution in [0.25, 0.3) is 0 Å². The van der Waals surface area contributed by atoms with Crippen molar-refractivity contribution in [3.05, 3.63) is 69.8 Å². The monoisotopic (exact) mass is 292 g/mol. The smallest absolute Gasteiger partial charge is 0.00200 e. The third-order valence-electron chi connectivity index (χ3n) is 4.91. The Bertz CT molecular complexity index is 642. The molecule has 0 heterocycles. The lowest BCUT2D eigenvalue weighted by Crippen LogP contribution is -2.16. The number of hydrogen-bond donors (Lipinski definition) is 0. The lowest BCUT2D eigenvalue weighted by molar-refractivity contribution is 0.587. The van der Waals surface area contributed by atoms with Crippen LogP contribution in [0, 0.1) is 0 Å². The summed E-state index contributed by atoms with van der Waals surface area (Å²) in [6.45, 7) is 13.8. The Morgan fingerprint density at radius 3 is 1.23 bits per heavy atom. The molecule has 22 heavy (non-hydrogen) atoms. The van der Waals surface area contributed by atoms with Crippen LogP contribution in [-0.4, -0.2) is 0 Å². The van der Waals surface area contributed by atoms with Gasteiger partial charge in [0.05, 0.1) is 0 Å². The molecule has 0 nitrogen and oxygen atoms in total. The zero-order valence-corrected chi connectivity index (χ0v) is 14.9. The largest absolute Gasteiger partial charge is 0.0582 e. The Hall–Kier alpha value is -1.56. The molecule has 1 aliphatic carbocycles. The van der Waals surface area contributed by atoms with Gasteiger partial charge in [-0.2, -0.15) is 0 Å². The van der Waals surface area contributed by atoms with Gasteiger partial charge in [0.15, 0.2) is 0 Å². The van der Waals surface area contributed by atoms with Crippen LogP contribution in [0.2, 0.25) is 0 Å². The third kappa shape index (κ3) is 2.84. The molecule has 0 aliphatic heterocycles. The van der Waals surface area contributed by atoms with Crippen molar-refractivity contribution in [2.75, 3.05) is 0 Å². The van der Waals surface area contributed by atoms with Gasteiger partial charge in [-0.05, 0) is 57.1 Å². The van der Waals surface area contributed by atoms with Gasteiger partial charge in [-0.1, -0.05) is 77.9 Å². The van der Waals surface area contributed by atoms with Crippen molar-refractivity contribution in [3.63, 3.8) is 0 Å². The number of fused-ring (bicyclic) bond motifs is 2. The average Bonchev–Trinajstić information content (AvgIpc) is 2.41. The second-order valence-electron chi connectivity index (χ2n) is 8.82. The van der Waals surface area contributed by atoms with Crippen molar-refractivity contribution in [3.8, 4) is 0 Å². The molecule has 0 amide bonds. The van der Waals surface area contributed by atoms with Crippen LogP contribution in [-0.2, 0) is 23.7 Å². The molecule has 0 aromatic heterocycles. The van der Waals surface area contributed by atoms with Gasteiger partial charge >= 0.3 is 0 Å². The molecule has 0 radical (unpaired) electrons. The van der Waals surface area contributed by atoms with E-state index in [0.717, 1.165) is 12.8 Å². The van der Waals surface area contributed by atoms with Crippen molar-refractivity contribution in [1.82, 2.24) is 0 Å². The minimum Gasteiger partial charge on any atom is -0.0582 e. The lowest BCUT2D eigenvalue weighted by atomic mass is 9.78. The van der Waals surface area contributed by atoms with Gasteiger partial charge in [-0.15, -0.1) is 0 Å².